The number of hydrogen-bond acceptors (Lipinski definition) is 6. The zero-order valence-electron chi connectivity index (χ0n) is 18.0. The molecule has 4 N–H and O–H groups in total. The topological polar surface area (TPSA) is 99.4 Å². The quantitative estimate of drug-likeness (QED) is 0.295. The van der Waals surface area contributed by atoms with E-state index in [4.69, 9.17) is 9.47 Å². The van der Waals surface area contributed by atoms with Crippen molar-refractivity contribution >= 4 is 0 Å². The third-order valence-electron chi connectivity index (χ3n) is 5.78. The summed E-state index contributed by atoms with van der Waals surface area (Å²) in [6.45, 7) is 4.46. The fourth-order valence-corrected chi connectivity index (χ4v) is 3.82. The summed E-state index contributed by atoms with van der Waals surface area (Å²) >= 11 is 0. The highest BCUT2D eigenvalue weighted by molar-refractivity contribution is 4.88. The van der Waals surface area contributed by atoms with E-state index in [-0.39, 0.29) is 0 Å². The first-order valence-corrected chi connectivity index (χ1v) is 11.5. The molecule has 6 heteroatoms. The number of unbranched alkanes of at least 4 members (excludes halogenated alkanes) is 8. The second-order valence-corrected chi connectivity index (χ2v) is 8.30. The van der Waals surface area contributed by atoms with Gasteiger partial charge < -0.3 is 29.9 Å². The van der Waals surface area contributed by atoms with Crippen LogP contribution in [0.15, 0.2) is 0 Å². The molecule has 0 aromatic rings. The van der Waals surface area contributed by atoms with E-state index in [1.165, 1.54) is 64.2 Å². The molecule has 1 fully saturated rings. The molecule has 1 heterocycles. The van der Waals surface area contributed by atoms with Crippen molar-refractivity contribution in [2.24, 2.45) is 5.92 Å². The summed E-state index contributed by atoms with van der Waals surface area (Å²) in [4.78, 5) is 0. The number of rotatable bonds is 16. The van der Waals surface area contributed by atoms with Crippen molar-refractivity contribution in [3.05, 3.63) is 0 Å². The van der Waals surface area contributed by atoms with Gasteiger partial charge in [-0.05, 0) is 18.8 Å². The summed E-state index contributed by atoms with van der Waals surface area (Å²) in [6, 6.07) is 0. The van der Waals surface area contributed by atoms with Crippen LogP contribution >= 0.6 is 0 Å². The largest absolute Gasteiger partial charge is 0.394 e. The average Bonchev–Trinajstić information content (AvgIpc) is 2.70. The Morgan fingerprint density at radius 1 is 0.750 bits per heavy atom. The molecule has 0 amide bonds. The van der Waals surface area contributed by atoms with Crippen LogP contribution < -0.4 is 0 Å². The van der Waals surface area contributed by atoms with Crippen LogP contribution in [-0.4, -0.2) is 64.3 Å². The van der Waals surface area contributed by atoms with Gasteiger partial charge in [-0.15, -0.1) is 0 Å². The fourth-order valence-electron chi connectivity index (χ4n) is 3.82. The second-order valence-electron chi connectivity index (χ2n) is 8.30. The van der Waals surface area contributed by atoms with Crippen molar-refractivity contribution in [1.82, 2.24) is 0 Å². The van der Waals surface area contributed by atoms with Crippen molar-refractivity contribution in [1.29, 1.82) is 0 Å². The molecule has 0 bridgehead atoms. The summed E-state index contributed by atoms with van der Waals surface area (Å²) in [5.41, 5.74) is 0. The zero-order chi connectivity index (χ0) is 20.8. The first-order chi connectivity index (χ1) is 13.5. The van der Waals surface area contributed by atoms with Gasteiger partial charge in [-0.25, -0.2) is 0 Å². The Morgan fingerprint density at radius 2 is 1.29 bits per heavy atom. The molecule has 0 aliphatic carbocycles. The molecule has 1 unspecified atom stereocenters. The number of hydrogen-bond donors (Lipinski definition) is 4. The van der Waals surface area contributed by atoms with Crippen LogP contribution in [0.25, 0.3) is 0 Å². The predicted octanol–water partition coefficient (Wildman–Crippen LogP) is 3.14. The van der Waals surface area contributed by atoms with Gasteiger partial charge in [0.05, 0.1) is 13.2 Å². The zero-order valence-corrected chi connectivity index (χ0v) is 18.0. The summed E-state index contributed by atoms with van der Waals surface area (Å²) in [5, 5.41) is 39.2. The minimum Gasteiger partial charge on any atom is -0.394 e. The highest BCUT2D eigenvalue weighted by Crippen LogP contribution is 2.25. The van der Waals surface area contributed by atoms with E-state index in [1.54, 1.807) is 0 Å². The summed E-state index contributed by atoms with van der Waals surface area (Å²) in [5.74, 6) is 0.399. The Morgan fingerprint density at radius 3 is 1.86 bits per heavy atom. The van der Waals surface area contributed by atoms with E-state index in [0.29, 0.717) is 12.5 Å². The summed E-state index contributed by atoms with van der Waals surface area (Å²) in [7, 11) is 0. The van der Waals surface area contributed by atoms with Crippen LogP contribution in [0, 0.1) is 5.92 Å². The Kier molecular flexibility index (Phi) is 14.4. The van der Waals surface area contributed by atoms with Gasteiger partial charge in [-0.1, -0.05) is 78.1 Å². The number of aliphatic hydroxyl groups is 4. The molecule has 6 nitrogen and oxygen atoms in total. The smallest absolute Gasteiger partial charge is 0.186 e. The van der Waals surface area contributed by atoms with Gasteiger partial charge in [0, 0.05) is 0 Å². The summed E-state index contributed by atoms with van der Waals surface area (Å²) in [6.07, 6.45) is 8.65. The normalized spacial score (nSPS) is 29.1. The Bertz CT molecular complexity index is 365. The molecule has 0 aromatic carbocycles. The average molecular weight is 405 g/mol. The molecule has 1 aliphatic rings. The molecular weight excluding hydrogens is 360 g/mol. The maximum atomic E-state index is 10.1. The predicted molar refractivity (Wildman–Crippen MR) is 110 cm³/mol. The van der Waals surface area contributed by atoms with Crippen LogP contribution in [0.1, 0.15) is 90.9 Å². The highest BCUT2D eigenvalue weighted by atomic mass is 16.7. The van der Waals surface area contributed by atoms with Gasteiger partial charge in [0.15, 0.2) is 6.29 Å². The van der Waals surface area contributed by atoms with Gasteiger partial charge >= 0.3 is 0 Å². The Labute approximate surface area is 171 Å². The maximum Gasteiger partial charge on any atom is 0.186 e. The van der Waals surface area contributed by atoms with Crippen molar-refractivity contribution in [2.75, 3.05) is 13.2 Å². The van der Waals surface area contributed by atoms with E-state index in [2.05, 4.69) is 13.8 Å². The van der Waals surface area contributed by atoms with Gasteiger partial charge in [-0.2, -0.15) is 0 Å². The SMILES string of the molecule is CCCCCCCCC(CCCCCC)CO[C@@H]1O[C@H](CO)[C@@H](O)[C@H](O)[C@H]1O. The van der Waals surface area contributed by atoms with E-state index in [0.717, 1.165) is 12.8 Å². The molecule has 1 rings (SSSR count). The first kappa shape index (κ1) is 25.8. The lowest BCUT2D eigenvalue weighted by atomic mass is 9.94. The lowest BCUT2D eigenvalue weighted by Crippen LogP contribution is -2.59. The third-order valence-corrected chi connectivity index (χ3v) is 5.78. The molecule has 1 aliphatic heterocycles. The van der Waals surface area contributed by atoms with Crippen molar-refractivity contribution in [2.45, 2.75) is 122 Å². The molecular formula is C22H44O6. The van der Waals surface area contributed by atoms with E-state index in [9.17, 15) is 20.4 Å². The van der Waals surface area contributed by atoms with Crippen LogP contribution in [0.5, 0.6) is 0 Å². The van der Waals surface area contributed by atoms with Crippen molar-refractivity contribution in [3.63, 3.8) is 0 Å². The lowest BCUT2D eigenvalue weighted by Gasteiger charge is -2.40. The van der Waals surface area contributed by atoms with Crippen molar-refractivity contribution in [3.8, 4) is 0 Å². The van der Waals surface area contributed by atoms with Gasteiger partial charge in [0.1, 0.15) is 24.4 Å². The molecule has 0 saturated carbocycles. The Balaban J connectivity index is 2.44. The molecule has 0 aromatic heterocycles. The fraction of sp³-hybridized carbons (Fsp3) is 1.00. The van der Waals surface area contributed by atoms with E-state index in [1.807, 2.05) is 0 Å². The van der Waals surface area contributed by atoms with Crippen LogP contribution in [-0.2, 0) is 9.47 Å². The highest BCUT2D eigenvalue weighted by Gasteiger charge is 2.44. The molecule has 1 saturated heterocycles. The molecule has 0 spiro atoms. The molecule has 168 valence electrons. The second kappa shape index (κ2) is 15.6. The minimum atomic E-state index is -1.38. The Hall–Kier alpha value is -0.240. The molecule has 6 atom stereocenters. The summed E-state index contributed by atoms with van der Waals surface area (Å²) < 4.78 is 11.3. The number of aliphatic hydroxyl groups excluding tert-OH is 4. The first-order valence-electron chi connectivity index (χ1n) is 11.5. The molecule has 28 heavy (non-hydrogen) atoms. The van der Waals surface area contributed by atoms with Crippen molar-refractivity contribution < 1.29 is 29.9 Å². The van der Waals surface area contributed by atoms with Gasteiger partial charge in [0.2, 0.25) is 0 Å². The standard InChI is InChI=1S/C22H44O6/c1-3-5-7-9-10-12-14-17(13-11-8-6-4-2)16-27-22-21(26)20(25)19(24)18(15-23)28-22/h17-26H,3-16H2,1-2H3/t17?,18-,19-,20+,21-,22-/m1/s1. The lowest BCUT2D eigenvalue weighted by molar-refractivity contribution is -0.303. The van der Waals surface area contributed by atoms with Crippen LogP contribution in [0.3, 0.4) is 0 Å². The van der Waals surface area contributed by atoms with Gasteiger partial charge in [-0.3, -0.25) is 0 Å². The van der Waals surface area contributed by atoms with E-state index < -0.39 is 37.3 Å². The third kappa shape index (κ3) is 9.51. The monoisotopic (exact) mass is 404 g/mol. The minimum absolute atomic E-state index is 0.399. The van der Waals surface area contributed by atoms with Gasteiger partial charge in [0.25, 0.3) is 0 Å². The van der Waals surface area contributed by atoms with Crippen LogP contribution in [0.2, 0.25) is 0 Å². The maximum absolute atomic E-state index is 10.1. The number of ether oxygens (including phenoxy) is 2. The molecule has 0 radical (unpaired) electrons. The van der Waals surface area contributed by atoms with Crippen LogP contribution in [0.4, 0.5) is 0 Å². The van der Waals surface area contributed by atoms with E-state index >= 15 is 0 Å².